The van der Waals surface area contributed by atoms with Crippen LogP contribution in [0, 0.1) is 11.8 Å². The second-order valence-electron chi connectivity index (χ2n) is 7.96. The first-order valence-electron chi connectivity index (χ1n) is 9.90. The van der Waals surface area contributed by atoms with Gasteiger partial charge in [-0.2, -0.15) is 0 Å². The molecule has 3 aliphatic rings. The van der Waals surface area contributed by atoms with Crippen LogP contribution in [0.25, 0.3) is 0 Å². The fraction of sp³-hybridized carbons (Fsp3) is 0.391. The first kappa shape index (κ1) is 17.4. The van der Waals surface area contributed by atoms with Crippen LogP contribution in [-0.2, 0) is 20.9 Å². The largest absolute Gasteiger partial charge is 0.455 e. The Morgan fingerprint density at radius 3 is 2.82 bits per heavy atom. The lowest BCUT2D eigenvalue weighted by atomic mass is 9.73. The number of carbonyl (C=O) groups excluding carboxylic acids is 1. The smallest absolute Gasteiger partial charge is 0.337 e. The molecule has 2 heterocycles. The number of ether oxygens (including phenoxy) is 3. The Balaban J connectivity index is 1.32. The number of carbonyl (C=O) groups is 1. The number of benzene rings is 1. The van der Waals surface area contributed by atoms with Gasteiger partial charge >= 0.3 is 5.97 Å². The third-order valence-electron chi connectivity index (χ3n) is 6.10. The zero-order chi connectivity index (χ0) is 19.1. The minimum atomic E-state index is -0.581. The molecule has 5 rings (SSSR count). The molecule has 0 N–H and O–H groups in total. The van der Waals surface area contributed by atoms with Gasteiger partial charge in [0.15, 0.2) is 0 Å². The molecular formula is C23H23NO4. The van der Waals surface area contributed by atoms with Crippen molar-refractivity contribution in [2.45, 2.75) is 44.5 Å². The Hall–Kier alpha value is -2.66. The van der Waals surface area contributed by atoms with E-state index in [1.807, 2.05) is 42.5 Å². The van der Waals surface area contributed by atoms with Gasteiger partial charge in [-0.3, -0.25) is 0 Å². The normalized spacial score (nSPS) is 30.5. The highest BCUT2D eigenvalue weighted by molar-refractivity contribution is 5.94. The van der Waals surface area contributed by atoms with Gasteiger partial charge in [-0.25, -0.2) is 9.78 Å². The van der Waals surface area contributed by atoms with Crippen LogP contribution in [0.4, 0.5) is 0 Å². The van der Waals surface area contributed by atoms with Crippen molar-refractivity contribution < 1.29 is 19.0 Å². The van der Waals surface area contributed by atoms with Crippen molar-refractivity contribution in [1.29, 1.82) is 0 Å². The first-order chi connectivity index (χ1) is 13.6. The number of esters is 1. The third-order valence-corrected chi connectivity index (χ3v) is 6.10. The van der Waals surface area contributed by atoms with E-state index in [-0.39, 0.29) is 12.1 Å². The van der Waals surface area contributed by atoms with Gasteiger partial charge in [0.2, 0.25) is 5.88 Å². The van der Waals surface area contributed by atoms with Gasteiger partial charge in [-0.15, -0.1) is 0 Å². The molecule has 1 saturated heterocycles. The van der Waals surface area contributed by atoms with E-state index in [2.05, 4.69) is 18.0 Å². The number of hydrogen-bond acceptors (Lipinski definition) is 5. The van der Waals surface area contributed by atoms with Crippen molar-refractivity contribution in [2.24, 2.45) is 11.8 Å². The summed E-state index contributed by atoms with van der Waals surface area (Å²) >= 11 is 0. The summed E-state index contributed by atoms with van der Waals surface area (Å²) in [6, 6.07) is 13.4. The molecule has 5 heteroatoms. The second kappa shape index (κ2) is 6.74. The van der Waals surface area contributed by atoms with Crippen LogP contribution in [0.15, 0.2) is 60.3 Å². The van der Waals surface area contributed by atoms with E-state index in [0.717, 1.165) is 36.1 Å². The number of rotatable bonds is 5. The monoisotopic (exact) mass is 377 g/mol. The standard InChI is InChI=1S/C23H23NO4/c1-15-11-17-8-9-20-23(17,19(12-15)22(25)28-20)26-14-16-7-10-21(24-13-16)27-18-5-3-2-4-6-18/h2-7,10,12-13,15,17,20H,8-9,11,14H2,1H3/t15-,17?,20+,23-/m0/s1. The topological polar surface area (TPSA) is 57.7 Å². The van der Waals surface area contributed by atoms with Gasteiger partial charge in [-0.05, 0) is 54.9 Å². The van der Waals surface area contributed by atoms with Gasteiger partial charge < -0.3 is 14.2 Å². The molecule has 144 valence electrons. The molecule has 0 spiro atoms. The highest BCUT2D eigenvalue weighted by Crippen LogP contribution is 2.55. The van der Waals surface area contributed by atoms with E-state index in [9.17, 15) is 4.79 Å². The molecule has 2 fully saturated rings. The Labute approximate surface area is 164 Å². The molecule has 0 bridgehead atoms. The lowest BCUT2D eigenvalue weighted by molar-refractivity contribution is -0.142. The lowest BCUT2D eigenvalue weighted by Gasteiger charge is -2.38. The van der Waals surface area contributed by atoms with Crippen LogP contribution in [0.3, 0.4) is 0 Å². The van der Waals surface area contributed by atoms with Crippen LogP contribution in [0.1, 0.15) is 31.7 Å². The SMILES string of the molecule is C[C@@H]1C=C2C(=O)O[C@@H]3CCC(C1)[C@]23OCc1ccc(Oc2ccccc2)nc1. The zero-order valence-corrected chi connectivity index (χ0v) is 15.8. The molecule has 1 unspecified atom stereocenters. The number of para-hydroxylation sites is 1. The average Bonchev–Trinajstić information content (AvgIpc) is 3.19. The van der Waals surface area contributed by atoms with E-state index < -0.39 is 5.60 Å². The third kappa shape index (κ3) is 2.81. The molecule has 1 saturated carbocycles. The summed E-state index contributed by atoms with van der Waals surface area (Å²) in [4.78, 5) is 16.8. The summed E-state index contributed by atoms with van der Waals surface area (Å²) in [6.07, 6.45) is 6.63. The molecule has 2 aliphatic carbocycles. The maximum absolute atomic E-state index is 12.4. The van der Waals surface area contributed by atoms with Crippen LogP contribution in [-0.4, -0.2) is 22.7 Å². The van der Waals surface area contributed by atoms with Crippen LogP contribution >= 0.6 is 0 Å². The van der Waals surface area contributed by atoms with Crippen LogP contribution in [0.2, 0.25) is 0 Å². The summed E-state index contributed by atoms with van der Waals surface area (Å²) in [5.74, 6) is 1.82. The minimum absolute atomic E-state index is 0.155. The van der Waals surface area contributed by atoms with Gasteiger partial charge in [0, 0.05) is 12.3 Å². The Morgan fingerprint density at radius 2 is 2.04 bits per heavy atom. The van der Waals surface area contributed by atoms with Gasteiger partial charge in [0.1, 0.15) is 17.5 Å². The fourth-order valence-electron chi connectivity index (χ4n) is 4.89. The summed E-state index contributed by atoms with van der Waals surface area (Å²) in [5.41, 5.74) is 1.10. The maximum Gasteiger partial charge on any atom is 0.337 e. The van der Waals surface area contributed by atoms with E-state index >= 15 is 0 Å². The Kier molecular flexibility index (Phi) is 4.20. The zero-order valence-electron chi connectivity index (χ0n) is 15.8. The van der Waals surface area contributed by atoms with Crippen molar-refractivity contribution in [3.8, 4) is 11.6 Å². The summed E-state index contributed by atoms with van der Waals surface area (Å²) < 4.78 is 17.8. The average molecular weight is 377 g/mol. The number of hydrogen-bond donors (Lipinski definition) is 0. The van der Waals surface area contributed by atoms with Crippen molar-refractivity contribution >= 4 is 5.97 Å². The molecule has 2 aromatic rings. The Bertz CT molecular complexity index is 908. The molecule has 0 radical (unpaired) electrons. The molecule has 5 nitrogen and oxygen atoms in total. The lowest BCUT2D eigenvalue weighted by Crippen LogP contribution is -2.46. The van der Waals surface area contributed by atoms with Gasteiger partial charge in [-0.1, -0.05) is 31.2 Å². The number of allylic oxidation sites excluding steroid dienone is 1. The summed E-state index contributed by atoms with van der Waals surface area (Å²) in [7, 11) is 0. The molecule has 0 amide bonds. The van der Waals surface area contributed by atoms with E-state index in [1.165, 1.54) is 0 Å². The van der Waals surface area contributed by atoms with Crippen LogP contribution < -0.4 is 4.74 Å². The second-order valence-corrected chi connectivity index (χ2v) is 7.96. The van der Waals surface area contributed by atoms with E-state index in [1.54, 1.807) is 6.20 Å². The fourth-order valence-corrected chi connectivity index (χ4v) is 4.89. The van der Waals surface area contributed by atoms with Crippen LogP contribution in [0.5, 0.6) is 11.6 Å². The molecule has 1 aromatic heterocycles. The predicted molar refractivity (Wildman–Crippen MR) is 103 cm³/mol. The quantitative estimate of drug-likeness (QED) is 0.722. The maximum atomic E-state index is 12.4. The predicted octanol–water partition coefficient (Wildman–Crippen LogP) is 4.43. The minimum Gasteiger partial charge on any atom is -0.455 e. The number of pyridine rings is 1. The van der Waals surface area contributed by atoms with Crippen molar-refractivity contribution in [2.75, 3.05) is 0 Å². The highest BCUT2D eigenvalue weighted by atomic mass is 16.6. The first-order valence-corrected chi connectivity index (χ1v) is 9.90. The molecule has 1 aromatic carbocycles. The summed E-state index contributed by atoms with van der Waals surface area (Å²) in [6.45, 7) is 2.55. The van der Waals surface area contributed by atoms with Crippen molar-refractivity contribution in [1.82, 2.24) is 4.98 Å². The highest BCUT2D eigenvalue weighted by Gasteiger charge is 2.63. The summed E-state index contributed by atoms with van der Waals surface area (Å²) in [5, 5.41) is 0. The van der Waals surface area contributed by atoms with Crippen molar-refractivity contribution in [3.63, 3.8) is 0 Å². The van der Waals surface area contributed by atoms with Gasteiger partial charge in [0.25, 0.3) is 0 Å². The van der Waals surface area contributed by atoms with Gasteiger partial charge in [0.05, 0.1) is 12.2 Å². The molecule has 28 heavy (non-hydrogen) atoms. The Morgan fingerprint density at radius 1 is 1.18 bits per heavy atom. The van der Waals surface area contributed by atoms with E-state index in [0.29, 0.717) is 24.3 Å². The number of nitrogens with zero attached hydrogens (tertiary/aromatic N) is 1. The number of aromatic nitrogens is 1. The van der Waals surface area contributed by atoms with Crippen molar-refractivity contribution in [3.05, 3.63) is 65.9 Å². The molecular weight excluding hydrogens is 354 g/mol. The van der Waals surface area contributed by atoms with E-state index in [4.69, 9.17) is 14.2 Å². The molecule has 1 aliphatic heterocycles. The molecule has 4 atom stereocenters.